The van der Waals surface area contributed by atoms with Gasteiger partial charge in [0.1, 0.15) is 6.61 Å². The lowest BCUT2D eigenvalue weighted by Gasteiger charge is -2.18. The molecule has 0 spiro atoms. The zero-order valence-corrected chi connectivity index (χ0v) is 6.62. The normalized spacial score (nSPS) is 41.4. The summed E-state index contributed by atoms with van der Waals surface area (Å²) in [6, 6.07) is 0. The molecule has 2 saturated carbocycles. The van der Waals surface area contributed by atoms with Crippen molar-refractivity contribution in [2.75, 3.05) is 6.61 Å². The molecule has 2 nitrogen and oxygen atoms in total. The molecule has 3 atom stereocenters. The molecule has 0 aromatic heterocycles. The van der Waals surface area contributed by atoms with Gasteiger partial charge in [-0.3, -0.25) is 4.79 Å². The van der Waals surface area contributed by atoms with Gasteiger partial charge in [-0.05, 0) is 31.1 Å². The van der Waals surface area contributed by atoms with Crippen molar-refractivity contribution in [2.45, 2.75) is 25.7 Å². The van der Waals surface area contributed by atoms with Gasteiger partial charge in [0.25, 0.3) is 0 Å². The van der Waals surface area contributed by atoms with Crippen LogP contribution >= 0.6 is 0 Å². The van der Waals surface area contributed by atoms with E-state index in [2.05, 4.69) is 0 Å². The average Bonchev–Trinajstić information content (AvgIpc) is 2.62. The lowest BCUT2D eigenvalue weighted by atomic mass is 9.86. The van der Waals surface area contributed by atoms with Crippen LogP contribution in [-0.4, -0.2) is 17.5 Å². The van der Waals surface area contributed by atoms with Gasteiger partial charge in [0.2, 0.25) is 0 Å². The molecule has 0 amide bonds. The number of rotatable bonds is 2. The molecule has 2 aliphatic rings. The summed E-state index contributed by atoms with van der Waals surface area (Å²) in [4.78, 5) is 11.2. The maximum atomic E-state index is 11.2. The summed E-state index contributed by atoms with van der Waals surface area (Å²) in [7, 11) is 0. The summed E-state index contributed by atoms with van der Waals surface area (Å²) in [6.45, 7) is -0.242. The van der Waals surface area contributed by atoms with Gasteiger partial charge < -0.3 is 5.11 Å². The molecule has 0 heterocycles. The zero-order chi connectivity index (χ0) is 7.84. The average molecular weight is 154 g/mol. The maximum Gasteiger partial charge on any atom is 0.161 e. The molecule has 0 aromatic carbocycles. The SMILES string of the molecule is O=C(CO)[C@H]1C[C@@H]2CC[C@@H]1C2. The maximum absolute atomic E-state index is 11.2. The van der Waals surface area contributed by atoms with E-state index in [0.29, 0.717) is 5.92 Å². The number of aliphatic hydroxyl groups is 1. The van der Waals surface area contributed by atoms with Gasteiger partial charge in [0, 0.05) is 5.92 Å². The number of ketones is 1. The molecule has 11 heavy (non-hydrogen) atoms. The molecular formula is C9H14O2. The monoisotopic (exact) mass is 154 g/mol. The highest BCUT2D eigenvalue weighted by molar-refractivity contribution is 5.82. The van der Waals surface area contributed by atoms with Gasteiger partial charge in [-0.1, -0.05) is 6.42 Å². The summed E-state index contributed by atoms with van der Waals surface area (Å²) in [6.07, 6.45) is 4.85. The molecule has 62 valence electrons. The Hall–Kier alpha value is -0.370. The first-order chi connectivity index (χ1) is 5.31. The number of Topliss-reactive ketones (excluding diaryl/α,β-unsaturated/α-hetero) is 1. The van der Waals surface area contributed by atoms with E-state index in [4.69, 9.17) is 5.11 Å². The molecule has 2 fully saturated rings. The molecule has 0 aromatic rings. The number of hydrogen-bond donors (Lipinski definition) is 1. The van der Waals surface area contributed by atoms with Crippen molar-refractivity contribution < 1.29 is 9.90 Å². The van der Waals surface area contributed by atoms with E-state index >= 15 is 0 Å². The Balaban J connectivity index is 2.02. The molecular weight excluding hydrogens is 140 g/mol. The van der Waals surface area contributed by atoms with Gasteiger partial charge in [0.15, 0.2) is 5.78 Å². The lowest BCUT2D eigenvalue weighted by Crippen LogP contribution is -2.23. The van der Waals surface area contributed by atoms with Crippen molar-refractivity contribution in [1.29, 1.82) is 0 Å². The fourth-order valence-corrected chi connectivity index (χ4v) is 2.76. The van der Waals surface area contributed by atoms with Crippen molar-refractivity contribution in [3.8, 4) is 0 Å². The van der Waals surface area contributed by atoms with Crippen molar-refractivity contribution >= 4 is 5.78 Å². The molecule has 0 aliphatic heterocycles. The smallest absolute Gasteiger partial charge is 0.161 e. The minimum Gasteiger partial charge on any atom is -0.389 e. The van der Waals surface area contributed by atoms with E-state index < -0.39 is 0 Å². The van der Waals surface area contributed by atoms with Crippen LogP contribution in [0, 0.1) is 17.8 Å². The minimum absolute atomic E-state index is 0.0807. The standard InChI is InChI=1S/C9H14O2/c10-5-9(11)8-4-6-1-2-7(8)3-6/h6-8,10H,1-5H2/t6-,7-,8+/m1/s1. The van der Waals surface area contributed by atoms with E-state index in [1.807, 2.05) is 0 Å². The van der Waals surface area contributed by atoms with Crippen LogP contribution in [0.15, 0.2) is 0 Å². The second kappa shape index (κ2) is 2.59. The zero-order valence-electron chi connectivity index (χ0n) is 6.62. The molecule has 0 unspecified atom stereocenters. The van der Waals surface area contributed by atoms with Crippen LogP contribution in [0.1, 0.15) is 25.7 Å². The Labute approximate surface area is 66.6 Å². The van der Waals surface area contributed by atoms with Gasteiger partial charge in [0.05, 0.1) is 0 Å². The first kappa shape index (κ1) is 7.29. The first-order valence-electron chi connectivity index (χ1n) is 4.45. The van der Waals surface area contributed by atoms with Gasteiger partial charge >= 0.3 is 0 Å². The Kier molecular flexibility index (Phi) is 1.72. The summed E-state index contributed by atoms with van der Waals surface area (Å²) >= 11 is 0. The van der Waals surface area contributed by atoms with Crippen molar-refractivity contribution in [1.82, 2.24) is 0 Å². The molecule has 2 aliphatic carbocycles. The quantitative estimate of drug-likeness (QED) is 0.644. The van der Waals surface area contributed by atoms with Crippen LogP contribution in [0.2, 0.25) is 0 Å². The van der Waals surface area contributed by atoms with Crippen LogP contribution in [0.3, 0.4) is 0 Å². The third kappa shape index (κ3) is 1.09. The highest BCUT2D eigenvalue weighted by Gasteiger charge is 2.42. The van der Waals surface area contributed by atoms with Crippen LogP contribution in [0.25, 0.3) is 0 Å². The Morgan fingerprint density at radius 3 is 2.64 bits per heavy atom. The Morgan fingerprint density at radius 2 is 2.18 bits per heavy atom. The van der Waals surface area contributed by atoms with Crippen molar-refractivity contribution in [2.24, 2.45) is 17.8 Å². The fourth-order valence-electron chi connectivity index (χ4n) is 2.76. The number of carbonyl (C=O) groups is 1. The number of fused-ring (bicyclic) bond motifs is 2. The first-order valence-corrected chi connectivity index (χ1v) is 4.45. The number of hydrogen-bond acceptors (Lipinski definition) is 2. The Bertz CT molecular complexity index is 176. The second-order valence-electron chi connectivity index (χ2n) is 3.91. The highest BCUT2D eigenvalue weighted by Crippen LogP contribution is 2.48. The predicted octanol–water partition coefficient (Wildman–Crippen LogP) is 0.984. The molecule has 2 heteroatoms. The van der Waals surface area contributed by atoms with Crippen molar-refractivity contribution in [3.63, 3.8) is 0 Å². The summed E-state index contributed by atoms with van der Waals surface area (Å²) in [5.74, 6) is 1.73. The van der Waals surface area contributed by atoms with E-state index in [0.717, 1.165) is 12.3 Å². The molecule has 2 bridgehead atoms. The van der Waals surface area contributed by atoms with Crippen LogP contribution < -0.4 is 0 Å². The molecule has 2 rings (SSSR count). The summed E-state index contributed by atoms with van der Waals surface area (Å²) in [5, 5.41) is 8.67. The fraction of sp³-hybridized carbons (Fsp3) is 0.889. The Morgan fingerprint density at radius 1 is 1.36 bits per heavy atom. The van der Waals surface area contributed by atoms with E-state index in [1.54, 1.807) is 0 Å². The van der Waals surface area contributed by atoms with E-state index in [1.165, 1.54) is 19.3 Å². The van der Waals surface area contributed by atoms with Gasteiger partial charge in [-0.25, -0.2) is 0 Å². The minimum atomic E-state index is -0.242. The highest BCUT2D eigenvalue weighted by atomic mass is 16.3. The topological polar surface area (TPSA) is 37.3 Å². The van der Waals surface area contributed by atoms with Gasteiger partial charge in [-0.2, -0.15) is 0 Å². The largest absolute Gasteiger partial charge is 0.389 e. The van der Waals surface area contributed by atoms with Crippen LogP contribution in [-0.2, 0) is 4.79 Å². The number of aliphatic hydroxyl groups excluding tert-OH is 1. The van der Waals surface area contributed by atoms with Crippen molar-refractivity contribution in [3.05, 3.63) is 0 Å². The molecule has 1 N–H and O–H groups in total. The lowest BCUT2D eigenvalue weighted by molar-refractivity contribution is -0.127. The van der Waals surface area contributed by atoms with E-state index in [-0.39, 0.29) is 18.3 Å². The van der Waals surface area contributed by atoms with Gasteiger partial charge in [-0.15, -0.1) is 0 Å². The number of carbonyl (C=O) groups excluding carboxylic acids is 1. The second-order valence-corrected chi connectivity index (χ2v) is 3.91. The molecule has 0 saturated heterocycles. The summed E-state index contributed by atoms with van der Waals surface area (Å²) in [5.41, 5.74) is 0. The summed E-state index contributed by atoms with van der Waals surface area (Å²) < 4.78 is 0. The predicted molar refractivity (Wildman–Crippen MR) is 41.0 cm³/mol. The van der Waals surface area contributed by atoms with Crippen LogP contribution in [0.4, 0.5) is 0 Å². The van der Waals surface area contributed by atoms with E-state index in [9.17, 15) is 4.79 Å². The third-order valence-corrected chi connectivity index (χ3v) is 3.31. The van der Waals surface area contributed by atoms with Crippen LogP contribution in [0.5, 0.6) is 0 Å². The molecule has 0 radical (unpaired) electrons. The third-order valence-electron chi connectivity index (χ3n) is 3.31.